The summed E-state index contributed by atoms with van der Waals surface area (Å²) in [5, 5.41) is 13.5. The smallest absolute Gasteiger partial charge is 0.263 e. The topological polar surface area (TPSA) is 62.2 Å². The minimum absolute atomic E-state index is 0.0938. The average Bonchev–Trinajstić information content (AvgIpc) is 2.68. The van der Waals surface area contributed by atoms with E-state index in [1.807, 2.05) is 6.92 Å². The molecule has 2 rings (SSSR count). The Morgan fingerprint density at radius 1 is 1.56 bits per heavy atom. The van der Waals surface area contributed by atoms with Crippen molar-refractivity contribution < 1.29 is 9.90 Å². The van der Waals surface area contributed by atoms with Crippen LogP contribution in [-0.2, 0) is 0 Å². The van der Waals surface area contributed by atoms with Crippen LogP contribution in [0.25, 0.3) is 0 Å². The highest BCUT2D eigenvalue weighted by atomic mass is 32.1. The number of hydrogen-bond acceptors (Lipinski definition) is 4. The first kappa shape index (κ1) is 11.5. The lowest BCUT2D eigenvalue weighted by Crippen LogP contribution is -2.44. The number of amides is 1. The van der Waals surface area contributed by atoms with Crippen LogP contribution in [0.15, 0.2) is 6.20 Å². The largest absolute Gasteiger partial charge is 0.391 e. The molecule has 1 fully saturated rings. The van der Waals surface area contributed by atoms with Gasteiger partial charge in [0.1, 0.15) is 4.88 Å². The molecule has 1 aromatic heterocycles. The Labute approximate surface area is 98.7 Å². The van der Waals surface area contributed by atoms with Crippen LogP contribution in [0.2, 0.25) is 0 Å². The number of aliphatic hydroxyl groups excluding tert-OH is 1. The van der Waals surface area contributed by atoms with Gasteiger partial charge in [-0.15, -0.1) is 11.3 Å². The van der Waals surface area contributed by atoms with E-state index >= 15 is 0 Å². The summed E-state index contributed by atoms with van der Waals surface area (Å²) in [7, 11) is 0. The molecule has 2 atom stereocenters. The molecular weight excluding hydrogens is 224 g/mol. The Balaban J connectivity index is 1.96. The lowest BCUT2D eigenvalue weighted by molar-refractivity contribution is 0.0720. The van der Waals surface area contributed by atoms with Crippen LogP contribution in [0.3, 0.4) is 0 Å². The van der Waals surface area contributed by atoms with Crippen LogP contribution >= 0.6 is 11.3 Å². The van der Waals surface area contributed by atoms with Crippen molar-refractivity contribution >= 4 is 17.2 Å². The summed E-state index contributed by atoms with van der Waals surface area (Å²) in [4.78, 5) is 16.5. The Morgan fingerprint density at radius 2 is 2.31 bits per heavy atom. The molecule has 1 saturated carbocycles. The number of nitrogens with zero attached hydrogens (tertiary/aromatic N) is 1. The Kier molecular flexibility index (Phi) is 3.56. The van der Waals surface area contributed by atoms with Gasteiger partial charge in [0.25, 0.3) is 5.91 Å². The van der Waals surface area contributed by atoms with Gasteiger partial charge in [0.05, 0.1) is 23.4 Å². The van der Waals surface area contributed by atoms with E-state index in [2.05, 4.69) is 10.3 Å². The van der Waals surface area contributed by atoms with Crippen LogP contribution in [0.1, 0.15) is 40.4 Å². The lowest BCUT2D eigenvalue weighted by atomic mass is 9.92. The Bertz CT molecular complexity index is 378. The molecule has 1 amide bonds. The second-order valence-corrected chi connectivity index (χ2v) is 5.41. The Morgan fingerprint density at radius 3 is 2.94 bits per heavy atom. The number of rotatable bonds is 2. The van der Waals surface area contributed by atoms with Crippen LogP contribution in [0.4, 0.5) is 0 Å². The second-order valence-electron chi connectivity index (χ2n) is 4.18. The summed E-state index contributed by atoms with van der Waals surface area (Å²) < 4.78 is 0. The molecular formula is C11H16N2O2S. The third-order valence-corrected chi connectivity index (χ3v) is 3.80. The lowest BCUT2D eigenvalue weighted by Gasteiger charge is -2.28. The first-order chi connectivity index (χ1) is 7.66. The van der Waals surface area contributed by atoms with Crippen molar-refractivity contribution in [3.05, 3.63) is 16.1 Å². The van der Waals surface area contributed by atoms with E-state index in [1.54, 1.807) is 6.20 Å². The Hall–Kier alpha value is -0.940. The molecule has 5 heteroatoms. The van der Waals surface area contributed by atoms with Crippen LogP contribution in [-0.4, -0.2) is 28.1 Å². The number of carbonyl (C=O) groups excluding carboxylic acids is 1. The zero-order chi connectivity index (χ0) is 11.5. The molecule has 0 aromatic carbocycles. The maximum atomic E-state index is 11.8. The number of hydrogen-bond donors (Lipinski definition) is 2. The predicted octanol–water partition coefficient (Wildman–Crippen LogP) is 1.48. The number of thiazole rings is 1. The van der Waals surface area contributed by atoms with Crippen molar-refractivity contribution in [1.82, 2.24) is 10.3 Å². The van der Waals surface area contributed by atoms with Gasteiger partial charge in [0.2, 0.25) is 0 Å². The maximum Gasteiger partial charge on any atom is 0.263 e. The zero-order valence-corrected chi connectivity index (χ0v) is 10.1. The SMILES string of the molecule is Cc1ncc(C(=O)N[C@H]2CCCC[C@@H]2O)s1. The summed E-state index contributed by atoms with van der Waals surface area (Å²) in [6, 6.07) is -0.0938. The molecule has 88 valence electrons. The van der Waals surface area contributed by atoms with Crippen LogP contribution in [0, 0.1) is 6.92 Å². The highest BCUT2D eigenvalue weighted by Crippen LogP contribution is 2.19. The molecule has 1 heterocycles. The van der Waals surface area contributed by atoms with Crippen molar-refractivity contribution in [3.8, 4) is 0 Å². The van der Waals surface area contributed by atoms with E-state index in [0.717, 1.165) is 30.7 Å². The molecule has 4 nitrogen and oxygen atoms in total. The molecule has 2 N–H and O–H groups in total. The first-order valence-electron chi connectivity index (χ1n) is 5.58. The fraction of sp³-hybridized carbons (Fsp3) is 0.636. The van der Waals surface area contributed by atoms with Gasteiger partial charge < -0.3 is 10.4 Å². The van der Waals surface area contributed by atoms with E-state index in [0.29, 0.717) is 4.88 Å². The minimum atomic E-state index is -0.397. The summed E-state index contributed by atoms with van der Waals surface area (Å²) in [5.74, 6) is -0.114. The number of aromatic nitrogens is 1. The molecule has 0 radical (unpaired) electrons. The van der Waals surface area contributed by atoms with Crippen LogP contribution in [0.5, 0.6) is 0 Å². The highest BCUT2D eigenvalue weighted by molar-refractivity contribution is 7.13. The number of aliphatic hydroxyl groups is 1. The monoisotopic (exact) mass is 240 g/mol. The standard InChI is InChI=1S/C11H16N2O2S/c1-7-12-6-10(16-7)11(15)13-8-4-2-3-5-9(8)14/h6,8-9,14H,2-5H2,1H3,(H,13,15)/t8-,9-/m0/s1. The second kappa shape index (κ2) is 4.93. The number of nitrogens with one attached hydrogen (secondary N) is 1. The molecule has 0 saturated heterocycles. The van der Waals surface area contributed by atoms with Gasteiger partial charge in [-0.2, -0.15) is 0 Å². The summed E-state index contributed by atoms with van der Waals surface area (Å²) >= 11 is 1.38. The van der Waals surface area contributed by atoms with E-state index in [4.69, 9.17) is 0 Å². The predicted molar refractivity (Wildman–Crippen MR) is 62.6 cm³/mol. The number of carbonyl (C=O) groups is 1. The van der Waals surface area contributed by atoms with Gasteiger partial charge in [-0.25, -0.2) is 4.98 Å². The van der Waals surface area contributed by atoms with Gasteiger partial charge >= 0.3 is 0 Å². The van der Waals surface area contributed by atoms with Crippen molar-refractivity contribution in [2.24, 2.45) is 0 Å². The third kappa shape index (κ3) is 2.59. The van der Waals surface area contributed by atoms with Gasteiger partial charge in [0.15, 0.2) is 0 Å². The minimum Gasteiger partial charge on any atom is -0.391 e. The fourth-order valence-electron chi connectivity index (χ4n) is 1.99. The summed E-state index contributed by atoms with van der Waals surface area (Å²) in [5.41, 5.74) is 0. The van der Waals surface area contributed by atoms with E-state index in [-0.39, 0.29) is 11.9 Å². The van der Waals surface area contributed by atoms with Crippen LogP contribution < -0.4 is 5.32 Å². The molecule has 0 unspecified atom stereocenters. The van der Waals surface area contributed by atoms with Crippen molar-refractivity contribution in [2.75, 3.05) is 0 Å². The van der Waals surface area contributed by atoms with Gasteiger partial charge in [-0.3, -0.25) is 4.79 Å². The van der Waals surface area contributed by atoms with E-state index in [1.165, 1.54) is 11.3 Å². The molecule has 0 spiro atoms. The summed E-state index contributed by atoms with van der Waals surface area (Å²) in [6.07, 6.45) is 4.96. The van der Waals surface area contributed by atoms with E-state index < -0.39 is 6.10 Å². The number of aryl methyl sites for hydroxylation is 1. The van der Waals surface area contributed by atoms with Crippen molar-refractivity contribution in [3.63, 3.8) is 0 Å². The molecule has 1 aromatic rings. The first-order valence-corrected chi connectivity index (χ1v) is 6.40. The van der Waals surface area contributed by atoms with Crippen molar-refractivity contribution in [1.29, 1.82) is 0 Å². The quantitative estimate of drug-likeness (QED) is 0.823. The zero-order valence-electron chi connectivity index (χ0n) is 9.27. The average molecular weight is 240 g/mol. The van der Waals surface area contributed by atoms with Gasteiger partial charge in [0, 0.05) is 0 Å². The summed E-state index contributed by atoms with van der Waals surface area (Å²) in [6.45, 7) is 1.87. The maximum absolute atomic E-state index is 11.8. The normalized spacial score (nSPS) is 25.4. The molecule has 0 aliphatic heterocycles. The molecule has 16 heavy (non-hydrogen) atoms. The third-order valence-electron chi connectivity index (χ3n) is 2.89. The van der Waals surface area contributed by atoms with Gasteiger partial charge in [-0.1, -0.05) is 12.8 Å². The molecule has 0 bridgehead atoms. The molecule has 1 aliphatic carbocycles. The fourth-order valence-corrected chi connectivity index (χ4v) is 2.67. The van der Waals surface area contributed by atoms with Gasteiger partial charge in [-0.05, 0) is 19.8 Å². The van der Waals surface area contributed by atoms with Crippen molar-refractivity contribution in [2.45, 2.75) is 44.8 Å². The van der Waals surface area contributed by atoms with E-state index in [9.17, 15) is 9.90 Å². The molecule has 1 aliphatic rings. The highest BCUT2D eigenvalue weighted by Gasteiger charge is 2.25.